The lowest BCUT2D eigenvalue weighted by molar-refractivity contribution is -0.120. The normalized spacial score (nSPS) is 15.3. The van der Waals surface area contributed by atoms with Crippen LogP contribution in [0.2, 0.25) is 0 Å². The van der Waals surface area contributed by atoms with Crippen molar-refractivity contribution in [1.82, 2.24) is 20.1 Å². The van der Waals surface area contributed by atoms with Crippen LogP contribution in [0.4, 0.5) is 8.78 Å². The number of carbonyl (C=O) groups excluding carboxylic acids is 1. The smallest absolute Gasteiger partial charge is 0.233 e. The summed E-state index contributed by atoms with van der Waals surface area (Å²) < 4.78 is 29.7. The number of nitrogens with one attached hydrogen (secondary N) is 1. The number of aromatic nitrogens is 3. The van der Waals surface area contributed by atoms with Gasteiger partial charge in [0, 0.05) is 17.7 Å². The van der Waals surface area contributed by atoms with E-state index in [9.17, 15) is 13.6 Å². The molecule has 1 N–H and O–H groups in total. The van der Waals surface area contributed by atoms with Crippen LogP contribution < -0.4 is 5.32 Å². The highest BCUT2D eigenvalue weighted by Gasteiger charge is 2.25. The highest BCUT2D eigenvalue weighted by Crippen LogP contribution is 2.31. The molecule has 0 spiro atoms. The Morgan fingerprint density at radius 3 is 2.57 bits per heavy atom. The number of hydrogen-bond acceptors (Lipinski definition) is 4. The molecule has 5 nitrogen and oxygen atoms in total. The Balaban J connectivity index is 1.67. The molecular weight excluding hydrogens is 406 g/mol. The van der Waals surface area contributed by atoms with Gasteiger partial charge in [-0.2, -0.15) is 0 Å². The van der Waals surface area contributed by atoms with Gasteiger partial charge in [-0.25, -0.2) is 8.78 Å². The fourth-order valence-corrected chi connectivity index (χ4v) is 4.47. The molecule has 1 aliphatic carbocycles. The van der Waals surface area contributed by atoms with E-state index in [1.807, 2.05) is 30.3 Å². The zero-order valence-electron chi connectivity index (χ0n) is 16.5. The number of rotatable bonds is 6. The molecule has 1 aliphatic rings. The van der Waals surface area contributed by atoms with E-state index >= 15 is 0 Å². The fraction of sp³-hybridized carbons (Fsp3) is 0.318. The quantitative estimate of drug-likeness (QED) is 0.576. The third-order valence-corrected chi connectivity index (χ3v) is 6.21. The summed E-state index contributed by atoms with van der Waals surface area (Å²) in [7, 11) is 0. The lowest BCUT2D eigenvalue weighted by Crippen LogP contribution is -2.37. The maximum atomic E-state index is 14.7. The monoisotopic (exact) mass is 428 g/mol. The molecule has 1 heterocycles. The molecule has 1 fully saturated rings. The molecule has 0 radical (unpaired) electrons. The largest absolute Gasteiger partial charge is 0.352 e. The van der Waals surface area contributed by atoms with Gasteiger partial charge < -0.3 is 5.32 Å². The predicted molar refractivity (Wildman–Crippen MR) is 112 cm³/mol. The van der Waals surface area contributed by atoms with Crippen molar-refractivity contribution < 1.29 is 13.6 Å². The van der Waals surface area contributed by atoms with Gasteiger partial charge in [0.1, 0.15) is 11.6 Å². The zero-order chi connectivity index (χ0) is 21.1. The minimum absolute atomic E-state index is 0.0812. The summed E-state index contributed by atoms with van der Waals surface area (Å²) in [6, 6.07) is 12.8. The van der Waals surface area contributed by atoms with Crippen LogP contribution in [0.1, 0.15) is 32.6 Å². The van der Waals surface area contributed by atoms with Crippen LogP contribution >= 0.6 is 11.8 Å². The molecule has 0 saturated heterocycles. The number of nitrogens with zero attached hydrogens (tertiary/aromatic N) is 3. The van der Waals surface area contributed by atoms with Gasteiger partial charge in [-0.15, -0.1) is 10.2 Å². The van der Waals surface area contributed by atoms with Crippen molar-refractivity contribution in [3.8, 4) is 17.1 Å². The molecule has 1 unspecified atom stereocenters. The third-order valence-electron chi connectivity index (χ3n) is 5.17. The van der Waals surface area contributed by atoms with E-state index in [2.05, 4.69) is 15.5 Å². The minimum atomic E-state index is -0.725. The Labute approximate surface area is 177 Å². The molecule has 0 bridgehead atoms. The minimum Gasteiger partial charge on any atom is -0.352 e. The van der Waals surface area contributed by atoms with Crippen molar-refractivity contribution in [2.45, 2.75) is 49.1 Å². The SMILES string of the molecule is CC(Sc1nnc(-c2ccccc2)n1-c1ccc(F)cc1F)C(=O)NC1CCCC1. The van der Waals surface area contributed by atoms with Crippen LogP contribution in [0.5, 0.6) is 0 Å². The number of hydrogen-bond donors (Lipinski definition) is 1. The third kappa shape index (κ3) is 4.38. The van der Waals surface area contributed by atoms with Crippen molar-refractivity contribution in [1.29, 1.82) is 0 Å². The van der Waals surface area contributed by atoms with Gasteiger partial charge in [0.05, 0.1) is 10.9 Å². The van der Waals surface area contributed by atoms with E-state index in [4.69, 9.17) is 0 Å². The van der Waals surface area contributed by atoms with Crippen molar-refractivity contribution in [2.75, 3.05) is 0 Å². The number of halogens is 2. The molecule has 3 aromatic rings. The van der Waals surface area contributed by atoms with E-state index in [0.717, 1.165) is 37.3 Å². The van der Waals surface area contributed by atoms with Gasteiger partial charge in [0.25, 0.3) is 0 Å². The van der Waals surface area contributed by atoms with Gasteiger partial charge in [-0.1, -0.05) is 54.9 Å². The Hall–Kier alpha value is -2.74. The predicted octanol–water partition coefficient (Wildman–Crippen LogP) is 4.75. The van der Waals surface area contributed by atoms with Gasteiger partial charge in [0.15, 0.2) is 11.0 Å². The average molecular weight is 429 g/mol. The van der Waals surface area contributed by atoms with Crippen LogP contribution in [-0.4, -0.2) is 32.0 Å². The van der Waals surface area contributed by atoms with Crippen LogP contribution in [0.3, 0.4) is 0 Å². The summed E-state index contributed by atoms with van der Waals surface area (Å²) >= 11 is 1.20. The molecule has 0 aliphatic heterocycles. The molecule has 1 amide bonds. The van der Waals surface area contributed by atoms with Crippen molar-refractivity contribution in [2.24, 2.45) is 0 Å². The van der Waals surface area contributed by atoms with Crippen molar-refractivity contribution in [3.63, 3.8) is 0 Å². The number of benzene rings is 2. The molecule has 156 valence electrons. The summed E-state index contributed by atoms with van der Waals surface area (Å²) in [5, 5.41) is 11.5. The van der Waals surface area contributed by atoms with E-state index in [0.29, 0.717) is 11.0 Å². The highest BCUT2D eigenvalue weighted by molar-refractivity contribution is 8.00. The van der Waals surface area contributed by atoms with E-state index in [1.54, 1.807) is 6.92 Å². The second-order valence-electron chi connectivity index (χ2n) is 7.35. The van der Waals surface area contributed by atoms with Crippen molar-refractivity contribution >= 4 is 17.7 Å². The van der Waals surface area contributed by atoms with Gasteiger partial charge in [-0.3, -0.25) is 9.36 Å². The first-order valence-electron chi connectivity index (χ1n) is 9.96. The number of amides is 1. The number of thioether (sulfide) groups is 1. The van der Waals surface area contributed by atoms with E-state index in [1.165, 1.54) is 28.5 Å². The van der Waals surface area contributed by atoms with Crippen LogP contribution in [0, 0.1) is 11.6 Å². The topological polar surface area (TPSA) is 59.8 Å². The van der Waals surface area contributed by atoms with Gasteiger partial charge >= 0.3 is 0 Å². The second kappa shape index (κ2) is 8.95. The summed E-state index contributed by atoms with van der Waals surface area (Å²) in [5.74, 6) is -1.05. The first kappa shape index (κ1) is 20.5. The molecule has 1 atom stereocenters. The fourth-order valence-electron chi connectivity index (χ4n) is 3.60. The molecule has 4 rings (SSSR count). The first-order valence-corrected chi connectivity index (χ1v) is 10.8. The zero-order valence-corrected chi connectivity index (χ0v) is 17.3. The molecule has 30 heavy (non-hydrogen) atoms. The summed E-state index contributed by atoms with van der Waals surface area (Å²) in [5.41, 5.74) is 0.870. The molecule has 2 aromatic carbocycles. The maximum absolute atomic E-state index is 14.7. The van der Waals surface area contributed by atoms with Crippen molar-refractivity contribution in [3.05, 3.63) is 60.2 Å². The maximum Gasteiger partial charge on any atom is 0.233 e. The average Bonchev–Trinajstić information content (AvgIpc) is 3.39. The molecular formula is C22H22F2N4OS. The van der Waals surface area contributed by atoms with E-state index in [-0.39, 0.29) is 17.6 Å². The molecule has 1 saturated carbocycles. The Bertz CT molecular complexity index is 1030. The summed E-state index contributed by atoms with van der Waals surface area (Å²) in [6.07, 6.45) is 4.26. The summed E-state index contributed by atoms with van der Waals surface area (Å²) in [6.45, 7) is 1.79. The first-order chi connectivity index (χ1) is 14.5. The standard InChI is InChI=1S/C22H22F2N4OS/c1-14(21(29)25-17-9-5-6-10-17)30-22-27-26-20(15-7-3-2-4-8-15)28(22)19-12-11-16(23)13-18(19)24/h2-4,7-8,11-14,17H,5-6,9-10H2,1H3,(H,25,29). The lowest BCUT2D eigenvalue weighted by Gasteiger charge is -2.17. The Kier molecular flexibility index (Phi) is 6.13. The Morgan fingerprint density at radius 2 is 1.87 bits per heavy atom. The lowest BCUT2D eigenvalue weighted by atomic mass is 10.2. The molecule has 1 aromatic heterocycles. The highest BCUT2D eigenvalue weighted by atomic mass is 32.2. The van der Waals surface area contributed by atoms with Crippen LogP contribution in [0.15, 0.2) is 53.7 Å². The molecule has 8 heteroatoms. The number of carbonyl (C=O) groups is 1. The van der Waals surface area contributed by atoms with E-state index < -0.39 is 16.9 Å². The second-order valence-corrected chi connectivity index (χ2v) is 8.66. The van der Waals surface area contributed by atoms with Gasteiger partial charge in [0.2, 0.25) is 5.91 Å². The van der Waals surface area contributed by atoms with Crippen LogP contribution in [-0.2, 0) is 4.79 Å². The van der Waals surface area contributed by atoms with Gasteiger partial charge in [-0.05, 0) is 31.9 Å². The summed E-state index contributed by atoms with van der Waals surface area (Å²) in [4.78, 5) is 12.6. The van der Waals surface area contributed by atoms with Crippen LogP contribution in [0.25, 0.3) is 17.1 Å². The Morgan fingerprint density at radius 1 is 1.13 bits per heavy atom.